The Balaban J connectivity index is 2.47. The van der Waals surface area contributed by atoms with Crippen molar-refractivity contribution in [2.24, 2.45) is 5.92 Å². The van der Waals surface area contributed by atoms with Gasteiger partial charge in [0.05, 0.1) is 12.0 Å². The van der Waals surface area contributed by atoms with Gasteiger partial charge in [-0.05, 0) is 27.7 Å². The minimum atomic E-state index is -0.464. The lowest BCUT2D eigenvalue weighted by molar-refractivity contribution is -0.0139. The molecule has 0 saturated carbocycles. The van der Waals surface area contributed by atoms with Crippen molar-refractivity contribution in [3.8, 4) is 6.07 Å². The van der Waals surface area contributed by atoms with E-state index in [0.717, 1.165) is 0 Å². The fourth-order valence-electron chi connectivity index (χ4n) is 1.32. The quantitative estimate of drug-likeness (QED) is 0.593. The molecule has 2 atom stereocenters. The second-order valence-electron chi connectivity index (χ2n) is 4.61. The summed E-state index contributed by atoms with van der Waals surface area (Å²) in [5.74, 6) is -0.0393. The van der Waals surface area contributed by atoms with E-state index in [2.05, 4.69) is 6.07 Å². The Morgan fingerprint density at radius 2 is 2.14 bits per heavy atom. The van der Waals surface area contributed by atoms with E-state index in [0.29, 0.717) is 6.54 Å². The Kier molecular flexibility index (Phi) is 2.70. The van der Waals surface area contributed by atoms with Crippen LogP contribution in [0.15, 0.2) is 0 Å². The van der Waals surface area contributed by atoms with E-state index in [1.54, 1.807) is 4.90 Å². The molecule has 4 nitrogen and oxygen atoms in total. The normalized spacial score (nSPS) is 26.4. The predicted octanol–water partition coefficient (Wildman–Crippen LogP) is 1.77. The molecule has 1 saturated heterocycles. The molecule has 0 aromatic rings. The monoisotopic (exact) mass is 196 g/mol. The van der Waals surface area contributed by atoms with Gasteiger partial charge in [0.1, 0.15) is 5.60 Å². The second-order valence-corrected chi connectivity index (χ2v) is 4.61. The molecule has 0 aromatic heterocycles. The van der Waals surface area contributed by atoms with Crippen LogP contribution in [0, 0.1) is 17.2 Å². The number of rotatable bonds is 0. The summed E-state index contributed by atoms with van der Waals surface area (Å²) in [4.78, 5) is 13.1. The summed E-state index contributed by atoms with van der Waals surface area (Å²) in [6, 6.07) is 2.13. The van der Waals surface area contributed by atoms with E-state index >= 15 is 0 Å². The zero-order valence-corrected chi connectivity index (χ0v) is 9.07. The molecule has 0 radical (unpaired) electrons. The summed E-state index contributed by atoms with van der Waals surface area (Å²) in [5.41, 5.74) is -0.464. The lowest BCUT2D eigenvalue weighted by Crippen LogP contribution is -2.57. The standard InChI is InChI=1S/C10H16N2O2/c1-7-8(5-11)6-12(7)9(13)14-10(2,3)4/h7-8H,6H2,1-4H3/t7-,8-/m0/s1. The molecule has 0 bridgehead atoms. The van der Waals surface area contributed by atoms with Crippen LogP contribution in [0.2, 0.25) is 0 Å². The average molecular weight is 196 g/mol. The van der Waals surface area contributed by atoms with E-state index in [9.17, 15) is 4.79 Å². The maximum absolute atomic E-state index is 11.5. The molecule has 0 aliphatic carbocycles. The average Bonchev–Trinajstić information content (AvgIpc) is 1.99. The van der Waals surface area contributed by atoms with Crippen molar-refractivity contribution < 1.29 is 9.53 Å². The first-order valence-electron chi connectivity index (χ1n) is 4.74. The lowest BCUT2D eigenvalue weighted by Gasteiger charge is -2.42. The number of amides is 1. The highest BCUT2D eigenvalue weighted by Gasteiger charge is 2.40. The number of hydrogen-bond donors (Lipinski definition) is 0. The van der Waals surface area contributed by atoms with E-state index in [4.69, 9.17) is 10.00 Å². The number of ether oxygens (including phenoxy) is 1. The van der Waals surface area contributed by atoms with Crippen molar-refractivity contribution in [1.29, 1.82) is 5.26 Å². The molecular formula is C10H16N2O2. The third-order valence-electron chi connectivity index (χ3n) is 2.26. The number of nitrogens with zero attached hydrogens (tertiary/aromatic N) is 2. The van der Waals surface area contributed by atoms with Gasteiger partial charge < -0.3 is 9.64 Å². The van der Waals surface area contributed by atoms with Crippen LogP contribution in [0.1, 0.15) is 27.7 Å². The number of nitriles is 1. The van der Waals surface area contributed by atoms with Crippen LogP contribution >= 0.6 is 0 Å². The van der Waals surface area contributed by atoms with Gasteiger partial charge in [0.15, 0.2) is 0 Å². The second kappa shape index (κ2) is 3.49. The molecule has 1 fully saturated rings. The van der Waals surface area contributed by atoms with Crippen LogP contribution in [0.3, 0.4) is 0 Å². The zero-order chi connectivity index (χ0) is 10.9. The summed E-state index contributed by atoms with van der Waals surface area (Å²) in [6.45, 7) is 7.85. The van der Waals surface area contributed by atoms with Crippen LogP contribution in [-0.4, -0.2) is 29.2 Å². The summed E-state index contributed by atoms with van der Waals surface area (Å²) in [7, 11) is 0. The third kappa shape index (κ3) is 2.16. The maximum Gasteiger partial charge on any atom is 0.410 e. The SMILES string of the molecule is C[C@H]1[C@@H](C#N)CN1C(=O)OC(C)(C)C. The van der Waals surface area contributed by atoms with Gasteiger partial charge in [-0.2, -0.15) is 5.26 Å². The molecular weight excluding hydrogens is 180 g/mol. The molecule has 0 spiro atoms. The summed E-state index contributed by atoms with van der Waals surface area (Å²) >= 11 is 0. The molecule has 1 aliphatic heterocycles. The summed E-state index contributed by atoms with van der Waals surface area (Å²) in [6.07, 6.45) is -0.323. The molecule has 1 amide bonds. The maximum atomic E-state index is 11.5. The lowest BCUT2D eigenvalue weighted by atomic mass is 9.92. The summed E-state index contributed by atoms with van der Waals surface area (Å²) < 4.78 is 5.18. The third-order valence-corrected chi connectivity index (χ3v) is 2.26. The molecule has 1 aliphatic rings. The van der Waals surface area contributed by atoms with Crippen molar-refractivity contribution in [3.05, 3.63) is 0 Å². The zero-order valence-electron chi connectivity index (χ0n) is 9.07. The van der Waals surface area contributed by atoms with Crippen molar-refractivity contribution >= 4 is 6.09 Å². The number of carbonyl (C=O) groups is 1. The Hall–Kier alpha value is -1.24. The largest absolute Gasteiger partial charge is 0.444 e. The molecule has 0 N–H and O–H groups in total. The molecule has 1 rings (SSSR count). The van der Waals surface area contributed by atoms with Gasteiger partial charge in [-0.3, -0.25) is 0 Å². The van der Waals surface area contributed by atoms with Gasteiger partial charge >= 0.3 is 6.09 Å². The van der Waals surface area contributed by atoms with E-state index in [1.165, 1.54) is 0 Å². The highest BCUT2D eigenvalue weighted by Crippen LogP contribution is 2.25. The number of hydrogen-bond acceptors (Lipinski definition) is 3. The van der Waals surface area contributed by atoms with E-state index in [-0.39, 0.29) is 18.1 Å². The fourth-order valence-corrected chi connectivity index (χ4v) is 1.32. The molecule has 4 heteroatoms. The van der Waals surface area contributed by atoms with Crippen molar-refractivity contribution in [3.63, 3.8) is 0 Å². The molecule has 78 valence electrons. The van der Waals surface area contributed by atoms with Gasteiger partial charge in [-0.1, -0.05) is 0 Å². The van der Waals surface area contributed by atoms with E-state index in [1.807, 2.05) is 27.7 Å². The Morgan fingerprint density at radius 3 is 2.50 bits per heavy atom. The Labute approximate surface area is 84.4 Å². The van der Waals surface area contributed by atoms with Crippen molar-refractivity contribution in [1.82, 2.24) is 4.90 Å². The Morgan fingerprint density at radius 1 is 1.57 bits per heavy atom. The van der Waals surface area contributed by atoms with Crippen LogP contribution in [0.5, 0.6) is 0 Å². The summed E-state index contributed by atoms with van der Waals surface area (Å²) in [5, 5.41) is 8.66. The first-order chi connectivity index (χ1) is 6.35. The molecule has 1 heterocycles. The smallest absolute Gasteiger partial charge is 0.410 e. The van der Waals surface area contributed by atoms with E-state index < -0.39 is 5.60 Å². The van der Waals surface area contributed by atoms with Gasteiger partial charge in [0, 0.05) is 12.6 Å². The van der Waals surface area contributed by atoms with Crippen LogP contribution < -0.4 is 0 Å². The predicted molar refractivity (Wildman–Crippen MR) is 51.5 cm³/mol. The minimum absolute atomic E-state index is 0.0187. The topological polar surface area (TPSA) is 53.3 Å². The first-order valence-corrected chi connectivity index (χ1v) is 4.74. The van der Waals surface area contributed by atoms with Gasteiger partial charge in [-0.25, -0.2) is 4.79 Å². The highest BCUT2D eigenvalue weighted by atomic mass is 16.6. The molecule has 0 unspecified atom stereocenters. The van der Waals surface area contributed by atoms with Gasteiger partial charge in [0.2, 0.25) is 0 Å². The minimum Gasteiger partial charge on any atom is -0.444 e. The fraction of sp³-hybridized carbons (Fsp3) is 0.800. The van der Waals surface area contributed by atoms with Crippen molar-refractivity contribution in [2.75, 3.05) is 6.54 Å². The molecule has 0 aromatic carbocycles. The highest BCUT2D eigenvalue weighted by molar-refractivity contribution is 5.70. The van der Waals surface area contributed by atoms with Gasteiger partial charge in [0.25, 0.3) is 0 Å². The van der Waals surface area contributed by atoms with Crippen LogP contribution in [-0.2, 0) is 4.74 Å². The Bertz CT molecular complexity index is 275. The van der Waals surface area contributed by atoms with Crippen LogP contribution in [0.4, 0.5) is 4.79 Å². The first kappa shape index (κ1) is 10.8. The number of likely N-dealkylation sites (tertiary alicyclic amines) is 1. The number of carbonyl (C=O) groups excluding carboxylic acids is 1. The van der Waals surface area contributed by atoms with Gasteiger partial charge in [-0.15, -0.1) is 0 Å². The van der Waals surface area contributed by atoms with Crippen molar-refractivity contribution in [2.45, 2.75) is 39.3 Å². The molecule has 14 heavy (non-hydrogen) atoms. The van der Waals surface area contributed by atoms with Crippen LogP contribution in [0.25, 0.3) is 0 Å².